The van der Waals surface area contributed by atoms with Crippen LogP contribution in [0, 0.1) is 0 Å². The summed E-state index contributed by atoms with van der Waals surface area (Å²) in [4.78, 5) is 34.0. The van der Waals surface area contributed by atoms with Gasteiger partial charge in [-0.15, -0.1) is 0 Å². The number of amides is 2. The zero-order valence-corrected chi connectivity index (χ0v) is 11.8. The van der Waals surface area contributed by atoms with Crippen molar-refractivity contribution in [3.8, 4) is 0 Å². The fourth-order valence-corrected chi connectivity index (χ4v) is 1.40. The van der Waals surface area contributed by atoms with Crippen LogP contribution in [0.1, 0.15) is 12.5 Å². The van der Waals surface area contributed by atoms with Crippen LogP contribution in [0.3, 0.4) is 0 Å². The Morgan fingerprint density at radius 1 is 1.14 bits per heavy atom. The molecule has 2 amide bonds. The fourth-order valence-electron chi connectivity index (χ4n) is 1.40. The maximum Gasteiger partial charge on any atom is 0.407 e. The van der Waals surface area contributed by atoms with Gasteiger partial charge in [-0.2, -0.15) is 0 Å². The van der Waals surface area contributed by atoms with E-state index in [0.717, 1.165) is 5.56 Å². The number of ketones is 1. The number of nitrogens with one attached hydrogen (secondary N) is 2. The Bertz CT molecular complexity index is 512. The van der Waals surface area contributed by atoms with Gasteiger partial charge in [0.2, 0.25) is 5.78 Å². The highest BCUT2D eigenvalue weighted by atomic mass is 16.5. The average Bonchev–Trinajstić information content (AvgIpc) is 2.50. The molecule has 6 nitrogen and oxygen atoms in total. The molecule has 6 heteroatoms. The van der Waals surface area contributed by atoms with E-state index >= 15 is 0 Å². The van der Waals surface area contributed by atoms with Crippen LogP contribution in [0.25, 0.3) is 6.08 Å². The van der Waals surface area contributed by atoms with Crippen LogP contribution in [0.5, 0.6) is 0 Å². The van der Waals surface area contributed by atoms with Gasteiger partial charge in [-0.05, 0) is 18.6 Å². The van der Waals surface area contributed by atoms with Crippen molar-refractivity contribution in [1.29, 1.82) is 0 Å². The molecule has 112 valence electrons. The largest absolute Gasteiger partial charge is 0.448 e. The van der Waals surface area contributed by atoms with Gasteiger partial charge in [0.1, 0.15) is 6.61 Å². The van der Waals surface area contributed by atoms with Crippen molar-refractivity contribution in [2.75, 3.05) is 19.7 Å². The highest BCUT2D eigenvalue weighted by molar-refractivity contribution is 6.41. The molecule has 0 aromatic heterocycles. The molecule has 0 spiro atoms. The Balaban J connectivity index is 2.27. The summed E-state index contributed by atoms with van der Waals surface area (Å²) in [6.45, 7) is 2.32. The van der Waals surface area contributed by atoms with E-state index in [-0.39, 0.29) is 13.2 Å². The van der Waals surface area contributed by atoms with Crippen molar-refractivity contribution < 1.29 is 19.1 Å². The lowest BCUT2D eigenvalue weighted by molar-refractivity contribution is -0.135. The maximum absolute atomic E-state index is 11.5. The Hall–Kier alpha value is -2.63. The molecule has 1 aromatic rings. The van der Waals surface area contributed by atoms with E-state index in [1.54, 1.807) is 13.0 Å². The number of benzene rings is 1. The summed E-state index contributed by atoms with van der Waals surface area (Å²) in [5.74, 6) is -1.39. The lowest BCUT2D eigenvalue weighted by Gasteiger charge is -2.05. The lowest BCUT2D eigenvalue weighted by Crippen LogP contribution is -2.34. The Kier molecular flexibility index (Phi) is 7.28. The van der Waals surface area contributed by atoms with E-state index in [1.165, 1.54) is 6.08 Å². The predicted octanol–water partition coefficient (Wildman–Crippen LogP) is 1.13. The first kappa shape index (κ1) is 16.4. The first-order valence-corrected chi connectivity index (χ1v) is 6.59. The molecule has 0 unspecified atom stereocenters. The monoisotopic (exact) mass is 290 g/mol. The molecule has 1 rings (SSSR count). The third-order valence-electron chi connectivity index (χ3n) is 2.39. The van der Waals surface area contributed by atoms with Gasteiger partial charge < -0.3 is 15.4 Å². The molecule has 0 saturated heterocycles. The van der Waals surface area contributed by atoms with Crippen LogP contribution in [0.4, 0.5) is 4.79 Å². The van der Waals surface area contributed by atoms with Crippen LogP contribution in [-0.4, -0.2) is 37.5 Å². The van der Waals surface area contributed by atoms with Crippen LogP contribution in [-0.2, 0) is 14.3 Å². The van der Waals surface area contributed by atoms with Gasteiger partial charge in [0.25, 0.3) is 5.91 Å². The van der Waals surface area contributed by atoms with E-state index in [9.17, 15) is 14.4 Å². The second-order valence-electron chi connectivity index (χ2n) is 4.03. The quantitative estimate of drug-likeness (QED) is 0.448. The van der Waals surface area contributed by atoms with Crippen molar-refractivity contribution in [1.82, 2.24) is 10.6 Å². The van der Waals surface area contributed by atoms with Crippen LogP contribution in [0.15, 0.2) is 36.4 Å². The molecule has 1 aromatic carbocycles. The summed E-state index contributed by atoms with van der Waals surface area (Å²) in [5.41, 5.74) is 0.832. The number of carbonyl (C=O) groups is 3. The molecule has 0 saturated carbocycles. The van der Waals surface area contributed by atoms with Crippen molar-refractivity contribution in [2.24, 2.45) is 0 Å². The zero-order chi connectivity index (χ0) is 15.5. The molecule has 0 bridgehead atoms. The van der Waals surface area contributed by atoms with Gasteiger partial charge in [0.15, 0.2) is 0 Å². The molecule has 0 aliphatic heterocycles. The normalized spacial score (nSPS) is 10.1. The minimum atomic E-state index is -0.735. The number of ether oxygens (including phenoxy) is 1. The SMILES string of the molecule is CCNC(=O)OCCNC(=O)C(=O)/C=C/c1ccccc1. The van der Waals surface area contributed by atoms with Crippen LogP contribution < -0.4 is 10.6 Å². The predicted molar refractivity (Wildman–Crippen MR) is 78.5 cm³/mol. The summed E-state index contributed by atoms with van der Waals surface area (Å²) in [6, 6.07) is 9.18. The summed E-state index contributed by atoms with van der Waals surface area (Å²) >= 11 is 0. The van der Waals surface area contributed by atoms with Gasteiger partial charge >= 0.3 is 6.09 Å². The minimum Gasteiger partial charge on any atom is -0.448 e. The molecular weight excluding hydrogens is 272 g/mol. The van der Waals surface area contributed by atoms with Crippen LogP contribution in [0.2, 0.25) is 0 Å². The standard InChI is InChI=1S/C15H18N2O4/c1-2-16-15(20)21-11-10-17-14(19)13(18)9-8-12-6-4-3-5-7-12/h3-9H,2,10-11H2,1H3,(H,16,20)(H,17,19)/b9-8+. The Morgan fingerprint density at radius 3 is 2.52 bits per heavy atom. The summed E-state index contributed by atoms with van der Waals surface area (Å²) in [7, 11) is 0. The maximum atomic E-state index is 11.5. The van der Waals surface area contributed by atoms with E-state index in [0.29, 0.717) is 6.54 Å². The lowest BCUT2D eigenvalue weighted by atomic mass is 10.2. The van der Waals surface area contributed by atoms with Crippen molar-refractivity contribution >= 4 is 23.9 Å². The number of alkyl carbamates (subject to hydrolysis) is 1. The number of carbonyl (C=O) groups excluding carboxylic acids is 3. The number of hydrogen-bond acceptors (Lipinski definition) is 4. The highest BCUT2D eigenvalue weighted by Crippen LogP contribution is 2.00. The van der Waals surface area contributed by atoms with E-state index < -0.39 is 17.8 Å². The zero-order valence-electron chi connectivity index (χ0n) is 11.8. The summed E-state index contributed by atoms with van der Waals surface area (Å²) in [6.07, 6.45) is 2.21. The molecule has 0 atom stereocenters. The molecule has 0 aliphatic carbocycles. The van der Waals surface area contributed by atoms with E-state index in [4.69, 9.17) is 4.74 Å². The fraction of sp³-hybridized carbons (Fsp3) is 0.267. The van der Waals surface area contributed by atoms with Gasteiger partial charge in [-0.25, -0.2) is 4.79 Å². The second kappa shape index (κ2) is 9.30. The first-order valence-electron chi connectivity index (χ1n) is 6.59. The smallest absolute Gasteiger partial charge is 0.407 e. The Labute approximate surface area is 123 Å². The molecular formula is C15H18N2O4. The summed E-state index contributed by atoms with van der Waals surface area (Å²) in [5, 5.41) is 4.81. The second-order valence-corrected chi connectivity index (χ2v) is 4.03. The van der Waals surface area contributed by atoms with Gasteiger partial charge in [0, 0.05) is 6.54 Å². The van der Waals surface area contributed by atoms with Gasteiger partial charge in [-0.1, -0.05) is 36.4 Å². The topological polar surface area (TPSA) is 84.5 Å². The average molecular weight is 290 g/mol. The molecule has 0 fully saturated rings. The third-order valence-corrected chi connectivity index (χ3v) is 2.39. The molecule has 0 heterocycles. The van der Waals surface area contributed by atoms with E-state index in [2.05, 4.69) is 10.6 Å². The van der Waals surface area contributed by atoms with Crippen molar-refractivity contribution in [3.63, 3.8) is 0 Å². The first-order chi connectivity index (χ1) is 10.1. The van der Waals surface area contributed by atoms with Crippen molar-refractivity contribution in [3.05, 3.63) is 42.0 Å². The molecule has 2 N–H and O–H groups in total. The third kappa shape index (κ3) is 6.91. The number of hydrogen-bond donors (Lipinski definition) is 2. The molecule has 0 radical (unpaired) electrons. The molecule has 0 aliphatic rings. The minimum absolute atomic E-state index is 0.00720. The van der Waals surface area contributed by atoms with Gasteiger partial charge in [0.05, 0.1) is 6.54 Å². The van der Waals surface area contributed by atoms with E-state index in [1.807, 2.05) is 30.3 Å². The van der Waals surface area contributed by atoms with Gasteiger partial charge in [-0.3, -0.25) is 9.59 Å². The van der Waals surface area contributed by atoms with Crippen molar-refractivity contribution in [2.45, 2.75) is 6.92 Å². The van der Waals surface area contributed by atoms with Crippen LogP contribution >= 0.6 is 0 Å². The molecule has 21 heavy (non-hydrogen) atoms. The highest BCUT2D eigenvalue weighted by Gasteiger charge is 2.09. The number of rotatable bonds is 7. The Morgan fingerprint density at radius 2 is 1.86 bits per heavy atom. The summed E-state index contributed by atoms with van der Waals surface area (Å²) < 4.78 is 4.75.